The maximum Gasteiger partial charge on any atom is 0.193 e. The second-order valence-corrected chi connectivity index (χ2v) is 7.63. The van der Waals surface area contributed by atoms with Crippen LogP contribution in [0.2, 0.25) is 0 Å². The van der Waals surface area contributed by atoms with Gasteiger partial charge < -0.3 is 19.7 Å². The Balaban J connectivity index is 1.31. The molecule has 148 valence electrons. The first kappa shape index (κ1) is 18.7. The number of pyridine rings is 1. The summed E-state index contributed by atoms with van der Waals surface area (Å²) in [5.41, 5.74) is 2.42. The monoisotopic (exact) mass is 380 g/mol. The average Bonchev–Trinajstić information content (AvgIpc) is 3.38. The molecular formula is C22H28N4O2. The molecule has 1 spiro atoms. The van der Waals surface area contributed by atoms with Crippen molar-refractivity contribution in [2.45, 2.75) is 26.0 Å². The predicted molar refractivity (Wildman–Crippen MR) is 109 cm³/mol. The van der Waals surface area contributed by atoms with Crippen molar-refractivity contribution in [3.63, 3.8) is 0 Å². The van der Waals surface area contributed by atoms with E-state index in [0.29, 0.717) is 18.6 Å². The van der Waals surface area contributed by atoms with Crippen LogP contribution in [0.15, 0.2) is 53.7 Å². The first-order valence-electron chi connectivity index (χ1n) is 9.91. The molecule has 1 atom stereocenters. The maximum atomic E-state index is 5.88. The van der Waals surface area contributed by atoms with Crippen LogP contribution in [0.5, 0.6) is 5.75 Å². The summed E-state index contributed by atoms with van der Waals surface area (Å²) >= 11 is 0. The Hall–Kier alpha value is -2.60. The molecule has 2 fully saturated rings. The molecule has 0 radical (unpaired) electrons. The third-order valence-electron chi connectivity index (χ3n) is 5.60. The summed E-state index contributed by atoms with van der Waals surface area (Å²) in [7, 11) is 1.85. The highest BCUT2D eigenvalue weighted by Gasteiger charge is 2.42. The zero-order valence-corrected chi connectivity index (χ0v) is 16.4. The predicted octanol–water partition coefficient (Wildman–Crippen LogP) is 2.85. The van der Waals surface area contributed by atoms with Gasteiger partial charge in [-0.25, -0.2) is 0 Å². The van der Waals surface area contributed by atoms with Crippen LogP contribution in [0, 0.1) is 5.41 Å². The Labute approximate surface area is 166 Å². The van der Waals surface area contributed by atoms with Gasteiger partial charge in [-0.15, -0.1) is 0 Å². The SMILES string of the molecule is CN=C(NCc1cccc(OCc2ccccn2)c1)N1CCC2(CCOC2)C1. The van der Waals surface area contributed by atoms with E-state index in [0.717, 1.165) is 55.7 Å². The molecule has 4 rings (SSSR count). The van der Waals surface area contributed by atoms with Gasteiger partial charge in [0.25, 0.3) is 0 Å². The van der Waals surface area contributed by atoms with Gasteiger partial charge in [-0.3, -0.25) is 9.98 Å². The smallest absolute Gasteiger partial charge is 0.193 e. The molecule has 28 heavy (non-hydrogen) atoms. The fourth-order valence-corrected chi connectivity index (χ4v) is 3.99. The Morgan fingerprint density at radius 2 is 2.25 bits per heavy atom. The largest absolute Gasteiger partial charge is 0.487 e. The van der Waals surface area contributed by atoms with Crippen molar-refractivity contribution >= 4 is 5.96 Å². The Morgan fingerprint density at radius 3 is 3.04 bits per heavy atom. The van der Waals surface area contributed by atoms with Crippen molar-refractivity contribution in [1.29, 1.82) is 0 Å². The number of ether oxygens (including phenoxy) is 2. The molecule has 6 nitrogen and oxygen atoms in total. The van der Waals surface area contributed by atoms with Crippen LogP contribution >= 0.6 is 0 Å². The van der Waals surface area contributed by atoms with Crippen LogP contribution in [-0.4, -0.2) is 49.2 Å². The summed E-state index contributed by atoms with van der Waals surface area (Å²) in [6, 6.07) is 14.0. The van der Waals surface area contributed by atoms with E-state index in [-0.39, 0.29) is 0 Å². The van der Waals surface area contributed by atoms with Gasteiger partial charge in [0.05, 0.1) is 12.3 Å². The minimum Gasteiger partial charge on any atom is -0.487 e. The zero-order chi connectivity index (χ0) is 19.2. The minimum atomic E-state index is 0.330. The molecule has 0 bridgehead atoms. The first-order chi connectivity index (χ1) is 13.8. The number of guanidine groups is 1. The third kappa shape index (κ3) is 4.44. The van der Waals surface area contributed by atoms with Crippen molar-refractivity contribution < 1.29 is 9.47 Å². The van der Waals surface area contributed by atoms with Gasteiger partial charge in [0, 0.05) is 44.9 Å². The second-order valence-electron chi connectivity index (χ2n) is 7.63. The van der Waals surface area contributed by atoms with E-state index in [1.54, 1.807) is 6.20 Å². The summed E-state index contributed by atoms with van der Waals surface area (Å²) in [5, 5.41) is 3.50. The third-order valence-corrected chi connectivity index (χ3v) is 5.60. The molecule has 3 heterocycles. The van der Waals surface area contributed by atoms with Gasteiger partial charge in [-0.1, -0.05) is 18.2 Å². The van der Waals surface area contributed by atoms with E-state index in [2.05, 4.69) is 32.3 Å². The van der Waals surface area contributed by atoms with Crippen molar-refractivity contribution in [2.75, 3.05) is 33.4 Å². The van der Waals surface area contributed by atoms with Crippen molar-refractivity contribution in [3.8, 4) is 5.75 Å². The van der Waals surface area contributed by atoms with Crippen molar-refractivity contribution in [1.82, 2.24) is 15.2 Å². The van der Waals surface area contributed by atoms with Crippen LogP contribution in [0.3, 0.4) is 0 Å². The highest BCUT2D eigenvalue weighted by Crippen LogP contribution is 2.38. The van der Waals surface area contributed by atoms with Crippen molar-refractivity contribution in [3.05, 3.63) is 59.9 Å². The summed E-state index contributed by atoms with van der Waals surface area (Å²) in [6.07, 6.45) is 4.13. The minimum absolute atomic E-state index is 0.330. The average molecular weight is 380 g/mol. The van der Waals surface area contributed by atoms with Crippen LogP contribution in [0.4, 0.5) is 0 Å². The number of nitrogens with one attached hydrogen (secondary N) is 1. The highest BCUT2D eigenvalue weighted by atomic mass is 16.5. The lowest BCUT2D eigenvalue weighted by molar-refractivity contribution is 0.156. The number of aromatic nitrogens is 1. The molecular weight excluding hydrogens is 352 g/mol. The van der Waals surface area contributed by atoms with Gasteiger partial charge >= 0.3 is 0 Å². The number of aliphatic imine (C=N–C) groups is 1. The molecule has 1 aromatic heterocycles. The Morgan fingerprint density at radius 1 is 1.29 bits per heavy atom. The van der Waals surface area contributed by atoms with Crippen LogP contribution < -0.4 is 10.1 Å². The summed E-state index contributed by atoms with van der Waals surface area (Å²) in [6.45, 7) is 5.03. The van der Waals surface area contributed by atoms with Crippen LogP contribution in [0.1, 0.15) is 24.1 Å². The van der Waals surface area contributed by atoms with Gasteiger partial charge in [0.1, 0.15) is 12.4 Å². The molecule has 0 amide bonds. The molecule has 1 aromatic carbocycles. The number of nitrogens with zero attached hydrogens (tertiary/aromatic N) is 3. The van der Waals surface area contributed by atoms with E-state index < -0.39 is 0 Å². The normalized spacial score (nSPS) is 22.0. The molecule has 0 saturated carbocycles. The van der Waals surface area contributed by atoms with Gasteiger partial charge in [0.2, 0.25) is 0 Å². The zero-order valence-electron chi connectivity index (χ0n) is 16.4. The molecule has 2 saturated heterocycles. The van der Waals surface area contributed by atoms with Crippen LogP contribution in [0.25, 0.3) is 0 Å². The quantitative estimate of drug-likeness (QED) is 0.638. The first-order valence-corrected chi connectivity index (χ1v) is 9.91. The van der Waals surface area contributed by atoms with Gasteiger partial charge in [-0.05, 0) is 42.7 Å². The Bertz CT molecular complexity index is 803. The van der Waals surface area contributed by atoms with E-state index in [1.807, 2.05) is 37.4 Å². The lowest BCUT2D eigenvalue weighted by Crippen LogP contribution is -2.41. The molecule has 1 N–H and O–H groups in total. The summed E-state index contributed by atoms with van der Waals surface area (Å²) in [5.74, 6) is 1.81. The van der Waals surface area contributed by atoms with E-state index >= 15 is 0 Å². The number of likely N-dealkylation sites (tertiary alicyclic amines) is 1. The maximum absolute atomic E-state index is 5.88. The summed E-state index contributed by atoms with van der Waals surface area (Å²) in [4.78, 5) is 11.1. The second kappa shape index (κ2) is 8.61. The van der Waals surface area contributed by atoms with E-state index in [9.17, 15) is 0 Å². The fraction of sp³-hybridized carbons (Fsp3) is 0.455. The number of benzene rings is 1. The lowest BCUT2D eigenvalue weighted by Gasteiger charge is -2.25. The van der Waals surface area contributed by atoms with E-state index in [4.69, 9.17) is 9.47 Å². The Kier molecular flexibility index (Phi) is 5.76. The molecule has 6 heteroatoms. The number of hydrogen-bond donors (Lipinski definition) is 1. The fourth-order valence-electron chi connectivity index (χ4n) is 3.99. The standard InChI is InChI=1S/C22H28N4O2/c1-23-21(26-11-8-22(16-26)9-12-27-17-22)25-14-18-5-4-7-20(13-18)28-15-19-6-2-3-10-24-19/h2-7,10,13H,8-9,11-12,14-17H2,1H3,(H,23,25). The van der Waals surface area contributed by atoms with Crippen LogP contribution in [-0.2, 0) is 17.9 Å². The van der Waals surface area contributed by atoms with Gasteiger partial charge in [0.15, 0.2) is 5.96 Å². The van der Waals surface area contributed by atoms with E-state index in [1.165, 1.54) is 6.42 Å². The molecule has 2 aliphatic rings. The number of rotatable bonds is 5. The summed E-state index contributed by atoms with van der Waals surface area (Å²) < 4.78 is 11.5. The van der Waals surface area contributed by atoms with Gasteiger partial charge in [-0.2, -0.15) is 0 Å². The number of hydrogen-bond acceptors (Lipinski definition) is 4. The molecule has 0 aliphatic carbocycles. The molecule has 2 aromatic rings. The van der Waals surface area contributed by atoms with Crippen molar-refractivity contribution in [2.24, 2.45) is 10.4 Å². The topological polar surface area (TPSA) is 59.0 Å². The highest BCUT2D eigenvalue weighted by molar-refractivity contribution is 5.80. The lowest BCUT2D eigenvalue weighted by atomic mass is 9.87. The molecule has 2 aliphatic heterocycles. The molecule has 1 unspecified atom stereocenters.